The van der Waals surface area contributed by atoms with Crippen molar-refractivity contribution in [1.29, 1.82) is 0 Å². The standard InChI is InChI=1S/C33H43FO10/c1-21(22(2)35)17-26(34)30(43-32(38)23-13-9-8-10-14-23)27(44-33(3,4)41-7)16-12-11-15-24-18-25(40-6)19-28(42-20-39-5)29(24)31(36)37/h8-11,13-15,17-19,21-22,27,30,35H,12,16,20H2,1-7H3,(H,36,37)/b15-11+,26-17+/t21-,22-,27-,30?/m0/s1. The van der Waals surface area contributed by atoms with Crippen LogP contribution in [-0.2, 0) is 18.9 Å². The highest BCUT2D eigenvalue weighted by atomic mass is 19.1. The highest BCUT2D eigenvalue weighted by Crippen LogP contribution is 2.31. The molecule has 1 unspecified atom stereocenters. The van der Waals surface area contributed by atoms with Crippen molar-refractivity contribution < 1.29 is 52.6 Å². The Balaban J connectivity index is 2.46. The quantitative estimate of drug-likeness (QED) is 0.151. The maximum Gasteiger partial charge on any atom is 0.340 e. The van der Waals surface area contributed by atoms with Crippen molar-refractivity contribution >= 4 is 18.0 Å². The molecule has 44 heavy (non-hydrogen) atoms. The van der Waals surface area contributed by atoms with Crippen LogP contribution < -0.4 is 9.47 Å². The molecule has 0 amide bonds. The van der Waals surface area contributed by atoms with Crippen LogP contribution in [0.25, 0.3) is 6.08 Å². The molecule has 4 atom stereocenters. The van der Waals surface area contributed by atoms with Gasteiger partial charge in [-0.3, -0.25) is 0 Å². The van der Waals surface area contributed by atoms with E-state index in [1.165, 1.54) is 40.4 Å². The smallest absolute Gasteiger partial charge is 0.340 e. The predicted octanol–water partition coefficient (Wildman–Crippen LogP) is 6.03. The van der Waals surface area contributed by atoms with E-state index in [0.29, 0.717) is 11.3 Å². The largest absolute Gasteiger partial charge is 0.497 e. The number of carbonyl (C=O) groups is 2. The third-order valence-electron chi connectivity index (χ3n) is 6.77. The van der Waals surface area contributed by atoms with Gasteiger partial charge < -0.3 is 38.6 Å². The Morgan fingerprint density at radius 2 is 1.75 bits per heavy atom. The summed E-state index contributed by atoms with van der Waals surface area (Å²) in [6.45, 7) is 6.28. The van der Waals surface area contributed by atoms with E-state index in [0.717, 1.165) is 0 Å². The Bertz CT molecular complexity index is 1270. The van der Waals surface area contributed by atoms with E-state index in [1.54, 1.807) is 69.3 Å². The van der Waals surface area contributed by atoms with Gasteiger partial charge in [-0.05, 0) is 63.5 Å². The summed E-state index contributed by atoms with van der Waals surface area (Å²) in [6.07, 6.45) is 1.50. The molecule has 0 fully saturated rings. The Hall–Kier alpha value is -3.77. The molecule has 0 aliphatic carbocycles. The number of carboxylic acid groups (broad SMARTS) is 1. The molecule has 2 N–H and O–H groups in total. The van der Waals surface area contributed by atoms with Crippen LogP contribution in [0.5, 0.6) is 11.5 Å². The van der Waals surface area contributed by atoms with Crippen molar-refractivity contribution in [3.05, 3.63) is 77.1 Å². The van der Waals surface area contributed by atoms with E-state index < -0.39 is 47.8 Å². The molecule has 0 spiro atoms. The van der Waals surface area contributed by atoms with Gasteiger partial charge in [0.15, 0.2) is 18.7 Å². The second-order valence-corrected chi connectivity index (χ2v) is 10.5. The Morgan fingerprint density at radius 3 is 2.32 bits per heavy atom. The van der Waals surface area contributed by atoms with Gasteiger partial charge in [0, 0.05) is 26.2 Å². The fourth-order valence-corrected chi connectivity index (χ4v) is 4.03. The molecule has 0 radical (unpaired) electrons. The summed E-state index contributed by atoms with van der Waals surface area (Å²) in [5, 5.41) is 19.9. The van der Waals surface area contributed by atoms with Crippen LogP contribution in [0.1, 0.15) is 66.8 Å². The molecule has 10 nitrogen and oxygen atoms in total. The molecule has 0 heterocycles. The van der Waals surface area contributed by atoms with E-state index in [9.17, 15) is 19.8 Å². The van der Waals surface area contributed by atoms with E-state index in [1.807, 2.05) is 0 Å². The Kier molecular flexibility index (Phi) is 14.5. The van der Waals surface area contributed by atoms with Crippen LogP contribution in [-0.4, -0.2) is 74.4 Å². The molecule has 2 aromatic carbocycles. The summed E-state index contributed by atoms with van der Waals surface area (Å²) in [7, 11) is 4.29. The third-order valence-corrected chi connectivity index (χ3v) is 6.77. The molecule has 0 saturated heterocycles. The van der Waals surface area contributed by atoms with Crippen molar-refractivity contribution in [2.45, 2.75) is 64.6 Å². The minimum atomic E-state index is -1.48. The number of aliphatic hydroxyl groups excluding tert-OH is 1. The Morgan fingerprint density at radius 1 is 1.07 bits per heavy atom. The van der Waals surface area contributed by atoms with Gasteiger partial charge in [0.25, 0.3) is 0 Å². The van der Waals surface area contributed by atoms with Crippen LogP contribution in [0, 0.1) is 5.92 Å². The lowest BCUT2D eigenvalue weighted by Gasteiger charge is -2.33. The monoisotopic (exact) mass is 618 g/mol. The summed E-state index contributed by atoms with van der Waals surface area (Å²) in [4.78, 5) is 25.2. The molecule has 2 rings (SSSR count). The van der Waals surface area contributed by atoms with Gasteiger partial charge in [-0.2, -0.15) is 0 Å². The number of esters is 1. The first-order valence-corrected chi connectivity index (χ1v) is 14.1. The van der Waals surface area contributed by atoms with Crippen LogP contribution in [0.3, 0.4) is 0 Å². The zero-order valence-corrected chi connectivity index (χ0v) is 26.2. The molecule has 2 aromatic rings. The molecule has 0 bridgehead atoms. The number of halogens is 1. The summed E-state index contributed by atoms with van der Waals surface area (Å²) in [5.74, 6) is -4.09. The second kappa shape index (κ2) is 17.5. The lowest BCUT2D eigenvalue weighted by atomic mass is 10.00. The minimum Gasteiger partial charge on any atom is -0.497 e. The topological polar surface area (TPSA) is 130 Å². The zero-order chi connectivity index (χ0) is 32.9. The normalized spacial score (nSPS) is 15.0. The van der Waals surface area contributed by atoms with E-state index in [2.05, 4.69) is 0 Å². The van der Waals surface area contributed by atoms with Gasteiger partial charge >= 0.3 is 11.9 Å². The lowest BCUT2D eigenvalue weighted by molar-refractivity contribution is -0.238. The summed E-state index contributed by atoms with van der Waals surface area (Å²) in [5.41, 5.74) is 0.439. The molecular formula is C33H43FO10. The second-order valence-electron chi connectivity index (χ2n) is 10.5. The van der Waals surface area contributed by atoms with Crippen LogP contribution in [0.4, 0.5) is 4.39 Å². The van der Waals surface area contributed by atoms with E-state index >= 15 is 4.39 Å². The summed E-state index contributed by atoms with van der Waals surface area (Å²) >= 11 is 0. The van der Waals surface area contributed by atoms with Crippen LogP contribution in [0.2, 0.25) is 0 Å². The fourth-order valence-electron chi connectivity index (χ4n) is 4.03. The van der Waals surface area contributed by atoms with Gasteiger partial charge in [0.05, 0.1) is 18.8 Å². The van der Waals surface area contributed by atoms with Gasteiger partial charge in [-0.15, -0.1) is 0 Å². The number of aliphatic hydroxyl groups is 1. The summed E-state index contributed by atoms with van der Waals surface area (Å²) < 4.78 is 48.8. The highest BCUT2D eigenvalue weighted by Gasteiger charge is 2.35. The van der Waals surface area contributed by atoms with Crippen molar-refractivity contribution in [3.63, 3.8) is 0 Å². The van der Waals surface area contributed by atoms with E-state index in [-0.39, 0.29) is 36.5 Å². The zero-order valence-electron chi connectivity index (χ0n) is 26.2. The number of allylic oxidation sites excluding steroid dienone is 1. The number of hydrogen-bond acceptors (Lipinski definition) is 9. The first kappa shape index (κ1) is 36.4. The van der Waals surface area contributed by atoms with Crippen molar-refractivity contribution in [2.75, 3.05) is 28.1 Å². The number of aromatic carboxylic acids is 1. The average Bonchev–Trinajstić information content (AvgIpc) is 2.99. The molecule has 0 saturated carbocycles. The number of carboxylic acids is 1. The van der Waals surface area contributed by atoms with Gasteiger partial charge in [0.2, 0.25) is 0 Å². The molecule has 0 aliphatic rings. The minimum absolute atomic E-state index is 0.0636. The summed E-state index contributed by atoms with van der Waals surface area (Å²) in [6, 6.07) is 11.2. The van der Waals surface area contributed by atoms with Gasteiger partial charge in [-0.25, -0.2) is 14.0 Å². The van der Waals surface area contributed by atoms with Crippen molar-refractivity contribution in [1.82, 2.24) is 0 Å². The molecule has 11 heteroatoms. The maximum atomic E-state index is 15.9. The number of rotatable bonds is 18. The van der Waals surface area contributed by atoms with E-state index in [4.69, 9.17) is 28.4 Å². The number of benzene rings is 2. The molecule has 0 aliphatic heterocycles. The van der Waals surface area contributed by atoms with Crippen molar-refractivity contribution in [3.8, 4) is 11.5 Å². The van der Waals surface area contributed by atoms with Gasteiger partial charge in [0.1, 0.15) is 29.0 Å². The van der Waals surface area contributed by atoms with Gasteiger partial charge in [-0.1, -0.05) is 37.3 Å². The number of ether oxygens (including phenoxy) is 6. The van der Waals surface area contributed by atoms with Crippen molar-refractivity contribution in [2.24, 2.45) is 5.92 Å². The molecule has 0 aromatic heterocycles. The molecule has 242 valence electrons. The first-order chi connectivity index (χ1) is 20.8. The first-order valence-electron chi connectivity index (χ1n) is 14.1. The number of hydrogen-bond donors (Lipinski definition) is 2. The predicted molar refractivity (Wildman–Crippen MR) is 162 cm³/mol. The number of carbonyl (C=O) groups excluding carboxylic acids is 1. The Labute approximate surface area is 258 Å². The number of methoxy groups -OCH3 is 3. The van der Waals surface area contributed by atoms with Crippen LogP contribution >= 0.6 is 0 Å². The van der Waals surface area contributed by atoms with Crippen LogP contribution in [0.15, 0.2) is 60.4 Å². The fraction of sp³-hybridized carbons (Fsp3) is 0.455. The average molecular weight is 619 g/mol. The SMILES string of the molecule is COCOc1cc(OC)cc(/C=C/CC[C@H](OC(C)(C)OC)C(OC(=O)c2ccccc2)/C(F)=C\[C@H](C)[C@H](C)O)c1C(=O)O. The lowest BCUT2D eigenvalue weighted by Crippen LogP contribution is -2.41. The molecular weight excluding hydrogens is 575 g/mol. The maximum absolute atomic E-state index is 15.9. The third kappa shape index (κ3) is 11.1. The highest BCUT2D eigenvalue weighted by molar-refractivity contribution is 5.95.